The van der Waals surface area contributed by atoms with E-state index in [2.05, 4.69) is 24.3 Å². The normalized spacial score (nSPS) is 11.3. The first-order chi connectivity index (χ1) is 10.6. The predicted octanol–water partition coefficient (Wildman–Crippen LogP) is 4.33. The van der Waals surface area contributed by atoms with Crippen LogP contribution in [0.2, 0.25) is 0 Å². The molecule has 2 aromatic carbocycles. The third-order valence-electron chi connectivity index (χ3n) is 3.55. The summed E-state index contributed by atoms with van der Waals surface area (Å²) in [6.45, 7) is 1.84. The molecule has 0 fully saturated rings. The van der Waals surface area contributed by atoms with E-state index in [9.17, 15) is 4.79 Å². The number of carbonyl (C=O) groups is 1. The second-order valence-corrected chi connectivity index (χ2v) is 5.23. The van der Waals surface area contributed by atoms with Crippen molar-refractivity contribution in [2.75, 3.05) is 7.11 Å². The van der Waals surface area contributed by atoms with Crippen molar-refractivity contribution in [3.05, 3.63) is 65.7 Å². The van der Waals surface area contributed by atoms with Gasteiger partial charge in [0.05, 0.1) is 7.11 Å². The van der Waals surface area contributed by atoms with Gasteiger partial charge in [0.2, 0.25) is 0 Å². The fourth-order valence-corrected chi connectivity index (χ4v) is 2.36. The minimum Gasteiger partial charge on any atom is -0.496 e. The zero-order chi connectivity index (χ0) is 15.9. The summed E-state index contributed by atoms with van der Waals surface area (Å²) in [7, 11) is 1.67. The van der Waals surface area contributed by atoms with Crippen LogP contribution in [0.4, 0.5) is 0 Å². The van der Waals surface area contributed by atoms with Crippen molar-refractivity contribution in [1.82, 2.24) is 0 Å². The number of carboxylic acid groups (broad SMARTS) is 1. The Morgan fingerprint density at radius 3 is 2.45 bits per heavy atom. The molecule has 0 aliphatic carbocycles. The van der Waals surface area contributed by atoms with Crippen molar-refractivity contribution < 1.29 is 14.6 Å². The Labute approximate surface area is 130 Å². The van der Waals surface area contributed by atoms with Crippen LogP contribution in [0.3, 0.4) is 0 Å². The zero-order valence-corrected chi connectivity index (χ0v) is 12.9. The number of allylic oxidation sites excluding steroid dienone is 1. The molecular weight excluding hydrogens is 276 g/mol. The van der Waals surface area contributed by atoms with Gasteiger partial charge in [-0.3, -0.25) is 0 Å². The van der Waals surface area contributed by atoms with E-state index >= 15 is 0 Å². The van der Waals surface area contributed by atoms with Gasteiger partial charge < -0.3 is 9.84 Å². The van der Waals surface area contributed by atoms with Crippen LogP contribution in [-0.4, -0.2) is 18.2 Å². The second kappa shape index (κ2) is 7.46. The molecule has 0 bridgehead atoms. The smallest absolute Gasteiger partial charge is 0.328 e. The molecule has 0 spiro atoms. The number of benzene rings is 2. The number of ether oxygens (including phenoxy) is 1. The second-order valence-electron chi connectivity index (χ2n) is 5.23. The number of carboxylic acids is 1. The third kappa shape index (κ3) is 4.22. The van der Waals surface area contributed by atoms with Crippen LogP contribution in [0.25, 0.3) is 11.1 Å². The highest BCUT2D eigenvalue weighted by Gasteiger charge is 2.04. The van der Waals surface area contributed by atoms with Gasteiger partial charge in [0.1, 0.15) is 5.75 Å². The lowest BCUT2D eigenvalue weighted by Gasteiger charge is -2.09. The molecule has 0 amide bonds. The number of hydrogen-bond donors (Lipinski definition) is 1. The van der Waals surface area contributed by atoms with Gasteiger partial charge in [-0.05, 0) is 37.0 Å². The Morgan fingerprint density at radius 2 is 1.82 bits per heavy atom. The van der Waals surface area contributed by atoms with E-state index in [1.54, 1.807) is 7.11 Å². The summed E-state index contributed by atoms with van der Waals surface area (Å²) in [5.41, 5.74) is 4.25. The number of aryl methyl sites for hydroxylation is 1. The van der Waals surface area contributed by atoms with Gasteiger partial charge in [-0.15, -0.1) is 0 Å². The van der Waals surface area contributed by atoms with Crippen molar-refractivity contribution in [3.8, 4) is 16.9 Å². The number of para-hydroxylation sites is 1. The van der Waals surface area contributed by atoms with Crippen LogP contribution in [0, 0.1) is 0 Å². The summed E-state index contributed by atoms with van der Waals surface area (Å²) in [4.78, 5) is 10.6. The number of methoxy groups -OCH3 is 1. The maximum absolute atomic E-state index is 10.6. The first-order valence-corrected chi connectivity index (χ1v) is 7.22. The van der Waals surface area contributed by atoms with E-state index in [0.717, 1.165) is 35.3 Å². The lowest BCUT2D eigenvalue weighted by atomic mass is 10.00. The molecule has 0 atom stereocenters. The van der Waals surface area contributed by atoms with E-state index < -0.39 is 5.97 Å². The number of aliphatic carboxylic acids is 1. The van der Waals surface area contributed by atoms with Crippen LogP contribution in [0.1, 0.15) is 18.9 Å². The maximum atomic E-state index is 10.6. The molecule has 0 saturated carbocycles. The van der Waals surface area contributed by atoms with Gasteiger partial charge >= 0.3 is 5.97 Å². The van der Waals surface area contributed by atoms with Crippen molar-refractivity contribution in [3.63, 3.8) is 0 Å². The first kappa shape index (κ1) is 15.8. The van der Waals surface area contributed by atoms with Crippen molar-refractivity contribution in [2.24, 2.45) is 0 Å². The molecule has 0 heterocycles. The minimum absolute atomic E-state index is 0.750. The number of rotatable bonds is 6. The highest BCUT2D eigenvalue weighted by atomic mass is 16.5. The van der Waals surface area contributed by atoms with Gasteiger partial charge in [0, 0.05) is 11.6 Å². The van der Waals surface area contributed by atoms with Crippen molar-refractivity contribution >= 4 is 5.97 Å². The molecule has 0 saturated heterocycles. The quantitative estimate of drug-likeness (QED) is 0.807. The van der Waals surface area contributed by atoms with Crippen LogP contribution in [0.5, 0.6) is 5.75 Å². The van der Waals surface area contributed by atoms with Crippen molar-refractivity contribution in [1.29, 1.82) is 0 Å². The molecule has 0 unspecified atom stereocenters. The summed E-state index contributed by atoms with van der Waals surface area (Å²) in [5.74, 6) is -0.0282. The molecular formula is C19H20O3. The van der Waals surface area contributed by atoms with Gasteiger partial charge in [0.25, 0.3) is 0 Å². The van der Waals surface area contributed by atoms with Gasteiger partial charge in [-0.2, -0.15) is 0 Å². The van der Waals surface area contributed by atoms with Gasteiger partial charge in [-0.1, -0.05) is 48.0 Å². The fraction of sp³-hybridized carbons (Fsp3) is 0.211. The number of hydrogen-bond acceptors (Lipinski definition) is 2. The summed E-state index contributed by atoms with van der Waals surface area (Å²) in [5, 5.41) is 8.70. The highest BCUT2D eigenvalue weighted by molar-refractivity contribution is 5.80. The van der Waals surface area contributed by atoms with E-state index in [4.69, 9.17) is 9.84 Å². The molecule has 0 aliphatic heterocycles. The Kier molecular flexibility index (Phi) is 5.37. The minimum atomic E-state index is -0.885. The lowest BCUT2D eigenvalue weighted by molar-refractivity contribution is -0.131. The third-order valence-corrected chi connectivity index (χ3v) is 3.55. The van der Waals surface area contributed by atoms with Crippen LogP contribution in [-0.2, 0) is 11.2 Å². The summed E-state index contributed by atoms with van der Waals surface area (Å²) >= 11 is 0. The van der Waals surface area contributed by atoms with E-state index in [-0.39, 0.29) is 0 Å². The molecule has 0 aromatic heterocycles. The average Bonchev–Trinajstić information content (AvgIpc) is 2.53. The molecule has 3 heteroatoms. The fourth-order valence-electron chi connectivity index (χ4n) is 2.36. The molecule has 2 aromatic rings. The van der Waals surface area contributed by atoms with Crippen LogP contribution >= 0.6 is 0 Å². The molecule has 0 aliphatic rings. The van der Waals surface area contributed by atoms with E-state index in [0.29, 0.717) is 0 Å². The molecule has 3 nitrogen and oxygen atoms in total. The lowest BCUT2D eigenvalue weighted by Crippen LogP contribution is -1.93. The Morgan fingerprint density at radius 1 is 1.14 bits per heavy atom. The van der Waals surface area contributed by atoms with Gasteiger partial charge in [0.15, 0.2) is 0 Å². The zero-order valence-electron chi connectivity index (χ0n) is 12.9. The first-order valence-electron chi connectivity index (χ1n) is 7.22. The molecule has 2 rings (SSSR count). The summed E-state index contributed by atoms with van der Waals surface area (Å²) in [6.07, 6.45) is 2.85. The predicted molar refractivity (Wildman–Crippen MR) is 88.1 cm³/mol. The molecule has 1 N–H and O–H groups in total. The largest absolute Gasteiger partial charge is 0.496 e. The Hall–Kier alpha value is -2.55. The molecule has 0 radical (unpaired) electrons. The van der Waals surface area contributed by atoms with Crippen LogP contribution < -0.4 is 4.74 Å². The average molecular weight is 296 g/mol. The monoisotopic (exact) mass is 296 g/mol. The van der Waals surface area contributed by atoms with Gasteiger partial charge in [-0.25, -0.2) is 4.79 Å². The SMILES string of the molecule is COc1ccccc1-c1ccc(CC/C(C)=C/C(=O)O)cc1. The Bertz CT molecular complexity index is 669. The highest BCUT2D eigenvalue weighted by Crippen LogP contribution is 2.29. The standard InChI is InChI=1S/C19H20O3/c1-14(13-19(20)21)7-8-15-9-11-16(12-10-15)17-5-3-4-6-18(17)22-2/h3-6,9-13H,7-8H2,1-2H3,(H,20,21)/b14-13+. The molecule has 114 valence electrons. The Balaban J connectivity index is 2.09. The van der Waals surface area contributed by atoms with Crippen molar-refractivity contribution in [2.45, 2.75) is 19.8 Å². The van der Waals surface area contributed by atoms with E-state index in [1.807, 2.05) is 31.2 Å². The topological polar surface area (TPSA) is 46.5 Å². The molecule has 22 heavy (non-hydrogen) atoms. The van der Waals surface area contributed by atoms with Crippen LogP contribution in [0.15, 0.2) is 60.2 Å². The summed E-state index contributed by atoms with van der Waals surface area (Å²) in [6, 6.07) is 16.2. The summed E-state index contributed by atoms with van der Waals surface area (Å²) < 4.78 is 5.38. The van der Waals surface area contributed by atoms with E-state index in [1.165, 1.54) is 11.6 Å². The maximum Gasteiger partial charge on any atom is 0.328 e.